The molecule has 0 saturated heterocycles. The Labute approximate surface area is 127 Å². The second-order valence-electron chi connectivity index (χ2n) is 4.03. The number of hydrogen-bond acceptors (Lipinski definition) is 3. The molecule has 0 aromatic heterocycles. The predicted molar refractivity (Wildman–Crippen MR) is 75.7 cm³/mol. The van der Waals surface area contributed by atoms with E-state index in [-0.39, 0.29) is 10.2 Å². The molecule has 0 saturated carbocycles. The van der Waals surface area contributed by atoms with E-state index in [0.717, 1.165) is 24.3 Å². The van der Waals surface area contributed by atoms with Crippen molar-refractivity contribution in [2.45, 2.75) is 4.90 Å². The number of nitrogens with two attached hydrogens (primary N) is 1. The first-order chi connectivity index (χ1) is 9.70. The minimum Gasteiger partial charge on any atom is -0.398 e. The molecular formula is C12H8BrF3N2O2S. The largest absolute Gasteiger partial charge is 0.398 e. The molecule has 21 heavy (non-hydrogen) atoms. The van der Waals surface area contributed by atoms with E-state index in [1.54, 1.807) is 0 Å². The molecule has 0 aliphatic rings. The summed E-state index contributed by atoms with van der Waals surface area (Å²) in [5.41, 5.74) is 4.64. The smallest absolute Gasteiger partial charge is 0.264 e. The fraction of sp³-hybridized carbons (Fsp3) is 0. The summed E-state index contributed by atoms with van der Waals surface area (Å²) >= 11 is 2.82. The normalized spacial score (nSPS) is 11.4. The van der Waals surface area contributed by atoms with Crippen LogP contribution < -0.4 is 10.5 Å². The lowest BCUT2D eigenvalue weighted by Crippen LogP contribution is -2.16. The molecule has 2 aromatic rings. The Morgan fingerprint density at radius 3 is 2.33 bits per heavy atom. The molecule has 0 amide bonds. The second kappa shape index (κ2) is 5.57. The van der Waals surface area contributed by atoms with E-state index in [2.05, 4.69) is 15.9 Å². The number of nitrogens with one attached hydrogen (secondary N) is 1. The van der Waals surface area contributed by atoms with Crippen molar-refractivity contribution in [1.82, 2.24) is 0 Å². The van der Waals surface area contributed by atoms with Gasteiger partial charge in [0.25, 0.3) is 10.0 Å². The van der Waals surface area contributed by atoms with Gasteiger partial charge in [0.1, 0.15) is 22.3 Å². The lowest BCUT2D eigenvalue weighted by Gasteiger charge is -2.11. The molecule has 112 valence electrons. The van der Waals surface area contributed by atoms with Crippen LogP contribution in [0.5, 0.6) is 0 Å². The summed E-state index contributed by atoms with van der Waals surface area (Å²) < 4.78 is 65.6. The van der Waals surface area contributed by atoms with Crippen molar-refractivity contribution in [3.05, 3.63) is 52.3 Å². The van der Waals surface area contributed by atoms with Crippen molar-refractivity contribution < 1.29 is 21.6 Å². The van der Waals surface area contributed by atoms with E-state index in [9.17, 15) is 21.6 Å². The van der Waals surface area contributed by atoms with Crippen LogP contribution in [0.2, 0.25) is 0 Å². The molecule has 0 aliphatic heterocycles. The van der Waals surface area contributed by atoms with Crippen LogP contribution >= 0.6 is 15.9 Å². The fourth-order valence-electron chi connectivity index (χ4n) is 1.56. The molecule has 0 heterocycles. The van der Waals surface area contributed by atoms with E-state index in [1.165, 1.54) is 0 Å². The first-order valence-electron chi connectivity index (χ1n) is 5.43. The molecular weight excluding hydrogens is 373 g/mol. The first-order valence-corrected chi connectivity index (χ1v) is 7.71. The van der Waals surface area contributed by atoms with Crippen LogP contribution in [0.15, 0.2) is 39.7 Å². The maximum Gasteiger partial charge on any atom is 0.264 e. The number of hydrogen-bond donors (Lipinski definition) is 2. The highest BCUT2D eigenvalue weighted by molar-refractivity contribution is 9.10. The zero-order chi connectivity index (χ0) is 15.8. The number of halogens is 4. The Bertz CT molecular complexity index is 812. The highest BCUT2D eigenvalue weighted by Gasteiger charge is 2.20. The van der Waals surface area contributed by atoms with Gasteiger partial charge in [-0.15, -0.1) is 0 Å². The summed E-state index contributed by atoms with van der Waals surface area (Å²) in [4.78, 5) is -0.413. The molecule has 2 rings (SSSR count). The number of benzene rings is 2. The number of sulfonamides is 1. The molecule has 0 fully saturated rings. The van der Waals surface area contributed by atoms with Crippen LogP contribution in [0.25, 0.3) is 0 Å². The first kappa shape index (κ1) is 15.6. The van der Waals surface area contributed by atoms with Crippen LogP contribution in [-0.4, -0.2) is 8.42 Å². The van der Waals surface area contributed by atoms with Gasteiger partial charge in [0.15, 0.2) is 0 Å². The summed E-state index contributed by atoms with van der Waals surface area (Å²) in [5.74, 6) is -2.68. The molecule has 0 spiro atoms. The Balaban J connectivity index is 2.45. The average Bonchev–Trinajstić information content (AvgIpc) is 2.35. The molecule has 4 nitrogen and oxygen atoms in total. The van der Waals surface area contributed by atoms with Gasteiger partial charge in [-0.2, -0.15) is 0 Å². The summed E-state index contributed by atoms with van der Waals surface area (Å²) in [6, 6.07) is 4.13. The minimum atomic E-state index is -4.24. The summed E-state index contributed by atoms with van der Waals surface area (Å²) in [5, 5.41) is 0. The third kappa shape index (κ3) is 3.30. The second-order valence-corrected chi connectivity index (χ2v) is 6.54. The Morgan fingerprint density at radius 1 is 1.05 bits per heavy atom. The molecule has 0 atom stereocenters. The van der Waals surface area contributed by atoms with Gasteiger partial charge < -0.3 is 5.73 Å². The minimum absolute atomic E-state index is 0.117. The maximum absolute atomic E-state index is 13.6. The van der Waals surface area contributed by atoms with Gasteiger partial charge in [0.05, 0.1) is 15.8 Å². The highest BCUT2D eigenvalue weighted by atomic mass is 79.9. The van der Waals surface area contributed by atoms with Crippen LogP contribution in [0.3, 0.4) is 0 Å². The van der Waals surface area contributed by atoms with E-state index >= 15 is 0 Å². The van der Waals surface area contributed by atoms with Crippen molar-refractivity contribution in [1.29, 1.82) is 0 Å². The van der Waals surface area contributed by atoms with Gasteiger partial charge in [-0.1, -0.05) is 0 Å². The summed E-state index contributed by atoms with van der Waals surface area (Å²) in [6.45, 7) is 0. The molecule has 0 aliphatic carbocycles. The summed E-state index contributed by atoms with van der Waals surface area (Å²) in [6.07, 6.45) is 0. The summed E-state index contributed by atoms with van der Waals surface area (Å²) in [7, 11) is -4.24. The van der Waals surface area contributed by atoms with Crippen molar-refractivity contribution in [3.8, 4) is 0 Å². The molecule has 3 N–H and O–H groups in total. The van der Waals surface area contributed by atoms with Gasteiger partial charge in [-0.25, -0.2) is 21.6 Å². The van der Waals surface area contributed by atoms with Crippen molar-refractivity contribution in [2.24, 2.45) is 0 Å². The van der Waals surface area contributed by atoms with Crippen LogP contribution in [0.1, 0.15) is 0 Å². The molecule has 0 bridgehead atoms. The number of nitrogen functional groups attached to an aromatic ring is 1. The van der Waals surface area contributed by atoms with Crippen LogP contribution in [0.4, 0.5) is 24.5 Å². The van der Waals surface area contributed by atoms with Gasteiger partial charge in [0, 0.05) is 6.07 Å². The average molecular weight is 381 g/mol. The zero-order valence-corrected chi connectivity index (χ0v) is 12.6. The maximum atomic E-state index is 13.6. The molecule has 2 aromatic carbocycles. The molecule has 9 heteroatoms. The Hall–Kier alpha value is -1.74. The number of rotatable bonds is 3. The van der Waals surface area contributed by atoms with Gasteiger partial charge in [0.2, 0.25) is 0 Å². The van der Waals surface area contributed by atoms with E-state index in [0.29, 0.717) is 6.07 Å². The lowest BCUT2D eigenvalue weighted by molar-refractivity contribution is 0.579. The predicted octanol–water partition coefficient (Wildman–Crippen LogP) is 3.25. The molecule has 0 unspecified atom stereocenters. The number of anilines is 2. The van der Waals surface area contributed by atoms with Gasteiger partial charge in [-0.05, 0) is 40.2 Å². The molecule has 0 radical (unpaired) electrons. The quantitative estimate of drug-likeness (QED) is 0.634. The highest BCUT2D eigenvalue weighted by Crippen LogP contribution is 2.27. The monoisotopic (exact) mass is 380 g/mol. The third-order valence-electron chi connectivity index (χ3n) is 2.52. The zero-order valence-electron chi connectivity index (χ0n) is 10.2. The van der Waals surface area contributed by atoms with Crippen molar-refractivity contribution >= 4 is 37.3 Å². The fourth-order valence-corrected chi connectivity index (χ4v) is 3.08. The van der Waals surface area contributed by atoms with Gasteiger partial charge in [-0.3, -0.25) is 4.72 Å². The SMILES string of the molecule is Nc1cc(F)ccc1S(=O)(=O)Nc1cc(Br)c(F)cc1F. The Morgan fingerprint density at radius 2 is 1.71 bits per heavy atom. The van der Waals surface area contributed by atoms with Crippen LogP contribution in [-0.2, 0) is 10.0 Å². The Kier molecular flexibility index (Phi) is 4.15. The standard InChI is InChI=1S/C12H8BrF3N2O2S/c13-7-4-11(9(16)5-8(7)15)18-21(19,20)12-2-1-6(14)3-10(12)17/h1-5,18H,17H2. The van der Waals surface area contributed by atoms with E-state index < -0.39 is 38.1 Å². The third-order valence-corrected chi connectivity index (χ3v) is 4.56. The van der Waals surface area contributed by atoms with E-state index in [4.69, 9.17) is 5.73 Å². The van der Waals surface area contributed by atoms with Crippen molar-refractivity contribution in [3.63, 3.8) is 0 Å². The topological polar surface area (TPSA) is 72.2 Å². The van der Waals surface area contributed by atoms with Gasteiger partial charge >= 0.3 is 0 Å². The van der Waals surface area contributed by atoms with E-state index in [1.807, 2.05) is 4.72 Å². The van der Waals surface area contributed by atoms with Crippen molar-refractivity contribution in [2.75, 3.05) is 10.5 Å². The lowest BCUT2D eigenvalue weighted by atomic mass is 10.3. The van der Waals surface area contributed by atoms with Crippen LogP contribution in [0, 0.1) is 17.5 Å².